The minimum Gasteiger partial charge on any atom is -0.350 e. The quantitative estimate of drug-likeness (QED) is 0.902. The number of rotatable bonds is 5. The van der Waals surface area contributed by atoms with Crippen LogP contribution in [0.2, 0.25) is 5.02 Å². The number of thiophene rings is 1. The molecule has 2 aromatic rings. The summed E-state index contributed by atoms with van der Waals surface area (Å²) in [5, 5.41) is 5.39. The Kier molecular flexibility index (Phi) is 4.83. The third-order valence-electron chi connectivity index (χ3n) is 3.59. The van der Waals surface area contributed by atoms with Crippen molar-refractivity contribution < 1.29 is 9.59 Å². The van der Waals surface area contributed by atoms with E-state index in [1.165, 1.54) is 0 Å². The molecule has 1 aliphatic heterocycles. The van der Waals surface area contributed by atoms with Gasteiger partial charge in [0.25, 0.3) is 0 Å². The van der Waals surface area contributed by atoms with Crippen LogP contribution < -0.4 is 10.2 Å². The predicted octanol–water partition coefficient (Wildman–Crippen LogP) is 2.96. The average Bonchev–Trinajstić information content (AvgIpc) is 3.16. The Morgan fingerprint density at radius 2 is 2.13 bits per heavy atom. The fraction of sp³-hybridized carbons (Fsp3) is 0.250. The fourth-order valence-corrected chi connectivity index (χ4v) is 3.27. The summed E-state index contributed by atoms with van der Waals surface area (Å²) in [4.78, 5) is 28.7. The van der Waals surface area contributed by atoms with Crippen LogP contribution in [0.25, 0.3) is 0 Å². The molecule has 3 amide bonds. The van der Waals surface area contributed by atoms with E-state index >= 15 is 0 Å². The number of nitrogens with one attached hydrogen (secondary N) is 1. The first-order valence-corrected chi connectivity index (χ1v) is 8.50. The second-order valence-corrected chi connectivity index (χ2v) is 6.66. The molecule has 0 bridgehead atoms. The van der Waals surface area contributed by atoms with Crippen LogP contribution in [-0.4, -0.2) is 36.5 Å². The molecule has 1 aliphatic rings. The fourth-order valence-electron chi connectivity index (χ4n) is 2.44. The van der Waals surface area contributed by atoms with Gasteiger partial charge in [0, 0.05) is 28.7 Å². The molecule has 2 heterocycles. The highest BCUT2D eigenvalue weighted by Crippen LogP contribution is 2.23. The molecule has 1 fully saturated rings. The summed E-state index contributed by atoms with van der Waals surface area (Å²) < 4.78 is 0. The molecule has 0 saturated carbocycles. The van der Waals surface area contributed by atoms with Gasteiger partial charge in [-0.3, -0.25) is 9.69 Å². The SMILES string of the molecule is O=C(CN1CCN(c2cccc(Cl)c2)C1=O)NCc1cccs1. The number of hydrogen-bond donors (Lipinski definition) is 1. The molecule has 0 radical (unpaired) electrons. The summed E-state index contributed by atoms with van der Waals surface area (Å²) in [6.07, 6.45) is 0. The number of nitrogens with zero attached hydrogens (tertiary/aromatic N) is 2. The highest BCUT2D eigenvalue weighted by molar-refractivity contribution is 7.09. The predicted molar refractivity (Wildman–Crippen MR) is 91.9 cm³/mol. The van der Waals surface area contributed by atoms with Crippen LogP contribution in [0, 0.1) is 0 Å². The number of amides is 3. The summed E-state index contributed by atoms with van der Waals surface area (Å²) in [6, 6.07) is 10.9. The van der Waals surface area contributed by atoms with Crippen LogP contribution in [0.5, 0.6) is 0 Å². The molecule has 1 aromatic heterocycles. The molecule has 120 valence electrons. The molecule has 1 N–H and O–H groups in total. The van der Waals surface area contributed by atoms with Gasteiger partial charge in [0.2, 0.25) is 5.91 Å². The smallest absolute Gasteiger partial charge is 0.325 e. The summed E-state index contributed by atoms with van der Waals surface area (Å²) in [7, 11) is 0. The van der Waals surface area contributed by atoms with Gasteiger partial charge in [-0.05, 0) is 29.6 Å². The lowest BCUT2D eigenvalue weighted by Gasteiger charge is -2.18. The van der Waals surface area contributed by atoms with Gasteiger partial charge in [-0.2, -0.15) is 0 Å². The molecule has 0 spiro atoms. The maximum atomic E-state index is 12.4. The van der Waals surface area contributed by atoms with Crippen molar-refractivity contribution in [1.29, 1.82) is 0 Å². The molecule has 0 atom stereocenters. The van der Waals surface area contributed by atoms with Crippen molar-refractivity contribution in [2.45, 2.75) is 6.54 Å². The first kappa shape index (κ1) is 15.8. The van der Waals surface area contributed by atoms with Gasteiger partial charge in [0.05, 0.1) is 6.54 Å². The van der Waals surface area contributed by atoms with Crippen molar-refractivity contribution in [2.24, 2.45) is 0 Å². The Bertz CT molecular complexity index is 705. The topological polar surface area (TPSA) is 52.7 Å². The van der Waals surface area contributed by atoms with Crippen LogP contribution in [0.3, 0.4) is 0 Å². The maximum Gasteiger partial charge on any atom is 0.325 e. The number of carbonyl (C=O) groups excluding carboxylic acids is 2. The zero-order valence-corrected chi connectivity index (χ0v) is 13.9. The van der Waals surface area contributed by atoms with E-state index in [-0.39, 0.29) is 18.5 Å². The number of hydrogen-bond acceptors (Lipinski definition) is 3. The normalized spacial score (nSPS) is 14.4. The van der Waals surface area contributed by atoms with E-state index in [9.17, 15) is 9.59 Å². The number of benzene rings is 1. The van der Waals surface area contributed by atoms with Gasteiger partial charge >= 0.3 is 6.03 Å². The number of halogens is 1. The maximum absolute atomic E-state index is 12.4. The van der Waals surface area contributed by atoms with Crippen molar-refractivity contribution in [2.75, 3.05) is 24.5 Å². The molecule has 7 heteroatoms. The summed E-state index contributed by atoms with van der Waals surface area (Å²) >= 11 is 7.56. The Morgan fingerprint density at radius 3 is 2.87 bits per heavy atom. The third-order valence-corrected chi connectivity index (χ3v) is 4.70. The zero-order chi connectivity index (χ0) is 16.2. The molecule has 1 aromatic carbocycles. The molecule has 23 heavy (non-hydrogen) atoms. The Balaban J connectivity index is 1.55. The van der Waals surface area contributed by atoms with E-state index in [2.05, 4.69) is 5.32 Å². The van der Waals surface area contributed by atoms with Crippen molar-refractivity contribution in [3.8, 4) is 0 Å². The van der Waals surface area contributed by atoms with Gasteiger partial charge in [-0.25, -0.2) is 4.79 Å². The lowest BCUT2D eigenvalue weighted by molar-refractivity contribution is -0.121. The van der Waals surface area contributed by atoms with Gasteiger partial charge < -0.3 is 10.2 Å². The summed E-state index contributed by atoms with van der Waals surface area (Å²) in [5.74, 6) is -0.153. The van der Waals surface area contributed by atoms with E-state index in [0.29, 0.717) is 24.7 Å². The second-order valence-electron chi connectivity index (χ2n) is 5.19. The van der Waals surface area contributed by atoms with Crippen molar-refractivity contribution in [3.05, 3.63) is 51.7 Å². The van der Waals surface area contributed by atoms with Crippen LogP contribution in [0.1, 0.15) is 4.88 Å². The second kappa shape index (κ2) is 7.02. The molecule has 1 saturated heterocycles. The van der Waals surface area contributed by atoms with E-state index in [4.69, 9.17) is 11.6 Å². The summed E-state index contributed by atoms with van der Waals surface area (Å²) in [6.45, 7) is 1.65. The van der Waals surface area contributed by atoms with E-state index < -0.39 is 0 Å². The van der Waals surface area contributed by atoms with Gasteiger partial charge in [-0.15, -0.1) is 11.3 Å². The number of urea groups is 1. The van der Waals surface area contributed by atoms with Crippen molar-refractivity contribution >= 4 is 40.6 Å². The molecular formula is C16H16ClN3O2S. The van der Waals surface area contributed by atoms with Gasteiger partial charge in [0.1, 0.15) is 6.54 Å². The Hall–Kier alpha value is -2.05. The average molecular weight is 350 g/mol. The number of anilines is 1. The molecule has 0 unspecified atom stereocenters. The van der Waals surface area contributed by atoms with Crippen molar-refractivity contribution in [1.82, 2.24) is 10.2 Å². The molecule has 5 nitrogen and oxygen atoms in total. The minimum absolute atomic E-state index is 0.0707. The van der Waals surface area contributed by atoms with Gasteiger partial charge in [-0.1, -0.05) is 23.7 Å². The lowest BCUT2D eigenvalue weighted by Crippen LogP contribution is -2.39. The van der Waals surface area contributed by atoms with E-state index in [1.807, 2.05) is 23.6 Å². The summed E-state index contributed by atoms with van der Waals surface area (Å²) in [5.41, 5.74) is 0.754. The molecular weight excluding hydrogens is 334 g/mol. The van der Waals surface area contributed by atoms with Crippen LogP contribution >= 0.6 is 22.9 Å². The van der Waals surface area contributed by atoms with Crippen molar-refractivity contribution in [3.63, 3.8) is 0 Å². The molecule has 0 aliphatic carbocycles. The third kappa shape index (κ3) is 3.83. The Labute approximate surface area is 143 Å². The molecule has 3 rings (SSSR count). The first-order valence-electron chi connectivity index (χ1n) is 7.24. The first-order chi connectivity index (χ1) is 11.1. The van der Waals surface area contributed by atoms with Crippen LogP contribution in [-0.2, 0) is 11.3 Å². The minimum atomic E-state index is -0.168. The number of carbonyl (C=O) groups is 2. The van der Waals surface area contributed by atoms with Gasteiger partial charge in [0.15, 0.2) is 0 Å². The highest BCUT2D eigenvalue weighted by Gasteiger charge is 2.30. The van der Waals surface area contributed by atoms with E-state index in [1.54, 1.807) is 39.3 Å². The highest BCUT2D eigenvalue weighted by atomic mass is 35.5. The monoisotopic (exact) mass is 349 g/mol. The van der Waals surface area contributed by atoms with E-state index in [0.717, 1.165) is 10.6 Å². The zero-order valence-electron chi connectivity index (χ0n) is 12.4. The van der Waals surface area contributed by atoms with Crippen LogP contribution in [0.15, 0.2) is 41.8 Å². The van der Waals surface area contributed by atoms with Crippen LogP contribution in [0.4, 0.5) is 10.5 Å². The lowest BCUT2D eigenvalue weighted by atomic mass is 10.3. The Morgan fingerprint density at radius 1 is 1.26 bits per heavy atom. The standard InChI is InChI=1S/C16H16ClN3O2S/c17-12-3-1-4-13(9-12)20-7-6-19(16(20)22)11-15(21)18-10-14-5-2-8-23-14/h1-5,8-9H,6-7,10-11H2,(H,18,21). The largest absolute Gasteiger partial charge is 0.350 e.